The van der Waals surface area contributed by atoms with Crippen LogP contribution in [0.1, 0.15) is 15.9 Å². The molecule has 0 fully saturated rings. The topological polar surface area (TPSA) is 63.3 Å². The zero-order valence-corrected chi connectivity index (χ0v) is 7.83. The number of aliphatic hydroxyl groups is 1. The number of rotatable bonds is 3. The Bertz CT molecular complexity index is 352. The Kier molecular flexibility index (Phi) is 3.33. The molecule has 0 aliphatic heterocycles. The number of carbonyl (C=O) groups is 1. The molecule has 3 nitrogen and oxygen atoms in total. The molecule has 4 heteroatoms. The minimum atomic E-state index is -0.931. The Hall–Kier alpha value is -1.26. The van der Waals surface area contributed by atoms with E-state index in [9.17, 15) is 9.18 Å². The van der Waals surface area contributed by atoms with Gasteiger partial charge in [-0.05, 0) is 30.7 Å². The van der Waals surface area contributed by atoms with E-state index in [1.54, 1.807) is 6.92 Å². The quantitative estimate of drug-likeness (QED) is 0.699. The van der Waals surface area contributed by atoms with Gasteiger partial charge in [0.2, 0.25) is 0 Å². The van der Waals surface area contributed by atoms with E-state index in [4.69, 9.17) is 10.8 Å². The smallest absolute Gasteiger partial charge is 0.181 e. The maximum absolute atomic E-state index is 12.9. The van der Waals surface area contributed by atoms with Crippen molar-refractivity contribution in [1.82, 2.24) is 0 Å². The van der Waals surface area contributed by atoms with Crippen LogP contribution in [-0.2, 0) is 0 Å². The number of ketones is 1. The second-order valence-electron chi connectivity index (χ2n) is 3.12. The molecule has 76 valence electrons. The van der Waals surface area contributed by atoms with Crippen LogP contribution in [0.5, 0.6) is 0 Å². The molecular formula is C10H12FNO2. The molecule has 1 unspecified atom stereocenters. The average molecular weight is 197 g/mol. The van der Waals surface area contributed by atoms with Gasteiger partial charge in [0.1, 0.15) is 5.82 Å². The standard InChI is InChI=1S/C10H12FNO2/c1-6-4-7(2-3-8(6)11)10(14)9(12)5-13/h2-4,9,13H,5,12H2,1H3. The second-order valence-corrected chi connectivity index (χ2v) is 3.12. The van der Waals surface area contributed by atoms with Crippen LogP contribution in [0.25, 0.3) is 0 Å². The molecule has 0 aromatic heterocycles. The van der Waals surface area contributed by atoms with Crippen LogP contribution < -0.4 is 5.73 Å². The first-order valence-corrected chi connectivity index (χ1v) is 4.23. The monoisotopic (exact) mass is 197 g/mol. The minimum Gasteiger partial charge on any atom is -0.394 e. The van der Waals surface area contributed by atoms with Crippen LogP contribution in [0.2, 0.25) is 0 Å². The molecule has 0 amide bonds. The summed E-state index contributed by atoms with van der Waals surface area (Å²) >= 11 is 0. The molecule has 0 saturated carbocycles. The van der Waals surface area contributed by atoms with E-state index in [0.717, 1.165) is 0 Å². The van der Waals surface area contributed by atoms with Crippen LogP contribution in [0.3, 0.4) is 0 Å². The number of hydrogen-bond acceptors (Lipinski definition) is 3. The molecule has 0 aliphatic carbocycles. The number of nitrogens with two attached hydrogens (primary N) is 1. The van der Waals surface area contributed by atoms with E-state index in [0.29, 0.717) is 11.1 Å². The zero-order valence-electron chi connectivity index (χ0n) is 7.83. The molecule has 1 aromatic rings. The third-order valence-electron chi connectivity index (χ3n) is 1.98. The Morgan fingerprint density at radius 1 is 1.64 bits per heavy atom. The van der Waals surface area contributed by atoms with Crippen LogP contribution in [0, 0.1) is 12.7 Å². The van der Waals surface area contributed by atoms with E-state index in [-0.39, 0.29) is 11.6 Å². The summed E-state index contributed by atoms with van der Waals surface area (Å²) in [5.74, 6) is -0.741. The Morgan fingerprint density at radius 3 is 2.79 bits per heavy atom. The highest BCUT2D eigenvalue weighted by molar-refractivity contribution is 6.00. The van der Waals surface area contributed by atoms with E-state index in [2.05, 4.69) is 0 Å². The number of hydrogen-bond donors (Lipinski definition) is 2. The summed E-state index contributed by atoms with van der Waals surface area (Å²) < 4.78 is 12.9. The molecule has 0 heterocycles. The van der Waals surface area contributed by atoms with Crippen molar-refractivity contribution in [3.63, 3.8) is 0 Å². The lowest BCUT2D eigenvalue weighted by molar-refractivity contribution is 0.0925. The molecule has 14 heavy (non-hydrogen) atoms. The number of carbonyl (C=O) groups excluding carboxylic acids is 1. The fourth-order valence-corrected chi connectivity index (χ4v) is 1.09. The maximum Gasteiger partial charge on any atom is 0.181 e. The van der Waals surface area contributed by atoms with E-state index in [1.165, 1.54) is 18.2 Å². The summed E-state index contributed by atoms with van der Waals surface area (Å²) in [6.45, 7) is 1.16. The highest BCUT2D eigenvalue weighted by Crippen LogP contribution is 2.10. The first kappa shape index (κ1) is 10.8. The molecule has 0 aliphatic rings. The van der Waals surface area contributed by atoms with Crippen molar-refractivity contribution in [2.45, 2.75) is 13.0 Å². The van der Waals surface area contributed by atoms with Gasteiger partial charge in [-0.2, -0.15) is 0 Å². The summed E-state index contributed by atoms with van der Waals surface area (Å²) in [4.78, 5) is 11.4. The van der Waals surface area contributed by atoms with Gasteiger partial charge in [-0.1, -0.05) is 0 Å². The molecule has 0 radical (unpaired) electrons. The highest BCUT2D eigenvalue weighted by Gasteiger charge is 2.15. The lowest BCUT2D eigenvalue weighted by Gasteiger charge is -2.07. The van der Waals surface area contributed by atoms with Gasteiger partial charge in [-0.15, -0.1) is 0 Å². The first-order valence-electron chi connectivity index (χ1n) is 4.23. The van der Waals surface area contributed by atoms with Crippen molar-refractivity contribution in [3.05, 3.63) is 35.1 Å². The fraction of sp³-hybridized carbons (Fsp3) is 0.300. The normalized spacial score (nSPS) is 12.6. The lowest BCUT2D eigenvalue weighted by atomic mass is 10.0. The van der Waals surface area contributed by atoms with Crippen molar-refractivity contribution in [3.8, 4) is 0 Å². The van der Waals surface area contributed by atoms with Gasteiger partial charge in [0, 0.05) is 5.56 Å². The Labute approximate surface area is 81.4 Å². The molecule has 0 saturated heterocycles. The van der Waals surface area contributed by atoms with Gasteiger partial charge >= 0.3 is 0 Å². The van der Waals surface area contributed by atoms with Crippen molar-refractivity contribution in [2.24, 2.45) is 5.73 Å². The SMILES string of the molecule is Cc1cc(C(=O)C(N)CO)ccc1F. The van der Waals surface area contributed by atoms with Crippen molar-refractivity contribution >= 4 is 5.78 Å². The highest BCUT2D eigenvalue weighted by atomic mass is 19.1. The van der Waals surface area contributed by atoms with Gasteiger partial charge in [-0.25, -0.2) is 4.39 Å². The predicted molar refractivity (Wildman–Crippen MR) is 50.5 cm³/mol. The van der Waals surface area contributed by atoms with E-state index < -0.39 is 12.6 Å². The predicted octanol–water partition coefficient (Wildman–Crippen LogP) is 0.636. The fourth-order valence-electron chi connectivity index (χ4n) is 1.09. The van der Waals surface area contributed by atoms with Crippen molar-refractivity contribution in [2.75, 3.05) is 6.61 Å². The van der Waals surface area contributed by atoms with Crippen LogP contribution in [-0.4, -0.2) is 23.5 Å². The molecule has 1 aromatic carbocycles. The van der Waals surface area contributed by atoms with E-state index in [1.807, 2.05) is 0 Å². The number of aliphatic hydroxyl groups excluding tert-OH is 1. The lowest BCUT2D eigenvalue weighted by Crippen LogP contribution is -2.34. The average Bonchev–Trinajstić information content (AvgIpc) is 2.20. The number of Topliss-reactive ketones (excluding diaryl/α,β-unsaturated/α-hetero) is 1. The van der Waals surface area contributed by atoms with Gasteiger partial charge in [0.25, 0.3) is 0 Å². The van der Waals surface area contributed by atoms with Gasteiger partial charge in [-0.3, -0.25) is 4.79 Å². The van der Waals surface area contributed by atoms with Crippen molar-refractivity contribution < 1.29 is 14.3 Å². The van der Waals surface area contributed by atoms with Crippen LogP contribution in [0.15, 0.2) is 18.2 Å². The Morgan fingerprint density at radius 2 is 2.29 bits per heavy atom. The molecule has 1 rings (SSSR count). The summed E-state index contributed by atoms with van der Waals surface area (Å²) in [6.07, 6.45) is 0. The maximum atomic E-state index is 12.9. The number of aryl methyl sites for hydroxylation is 1. The molecular weight excluding hydrogens is 185 g/mol. The summed E-state index contributed by atoms with van der Waals surface area (Å²) in [7, 11) is 0. The first-order chi connectivity index (χ1) is 6.56. The summed E-state index contributed by atoms with van der Waals surface area (Å²) in [5, 5.41) is 8.67. The molecule has 1 atom stereocenters. The largest absolute Gasteiger partial charge is 0.394 e. The summed E-state index contributed by atoms with van der Waals surface area (Å²) in [6, 6.07) is 3.07. The molecule has 0 spiro atoms. The zero-order chi connectivity index (χ0) is 10.7. The van der Waals surface area contributed by atoms with Crippen LogP contribution >= 0.6 is 0 Å². The van der Waals surface area contributed by atoms with Gasteiger partial charge < -0.3 is 10.8 Å². The second kappa shape index (κ2) is 4.30. The number of benzene rings is 1. The van der Waals surface area contributed by atoms with Crippen LogP contribution in [0.4, 0.5) is 4.39 Å². The third kappa shape index (κ3) is 2.16. The number of halogens is 1. The third-order valence-corrected chi connectivity index (χ3v) is 1.98. The Balaban J connectivity index is 2.97. The van der Waals surface area contributed by atoms with E-state index >= 15 is 0 Å². The molecule has 3 N–H and O–H groups in total. The minimum absolute atomic E-state index is 0.324. The van der Waals surface area contributed by atoms with Gasteiger partial charge in [0.05, 0.1) is 12.6 Å². The molecule has 0 bridgehead atoms. The summed E-state index contributed by atoms with van der Waals surface area (Å²) in [5.41, 5.74) is 6.06. The van der Waals surface area contributed by atoms with Crippen molar-refractivity contribution in [1.29, 1.82) is 0 Å². The van der Waals surface area contributed by atoms with Gasteiger partial charge in [0.15, 0.2) is 5.78 Å².